The second-order valence-electron chi connectivity index (χ2n) is 7.24. The molecule has 0 aliphatic carbocycles. The van der Waals surface area contributed by atoms with Crippen molar-refractivity contribution in [2.45, 2.75) is 24.9 Å². The molecule has 0 saturated carbocycles. The molecule has 2 heterocycles. The van der Waals surface area contributed by atoms with Gasteiger partial charge in [-0.25, -0.2) is 9.07 Å². The molecule has 150 valence electrons. The van der Waals surface area contributed by atoms with Crippen LogP contribution in [0.1, 0.15) is 18.4 Å². The van der Waals surface area contributed by atoms with Gasteiger partial charge in [-0.2, -0.15) is 5.10 Å². The van der Waals surface area contributed by atoms with E-state index in [9.17, 15) is 9.18 Å². The minimum atomic E-state index is -0.913. The summed E-state index contributed by atoms with van der Waals surface area (Å²) in [6.07, 6.45) is 2.86. The van der Waals surface area contributed by atoms with Crippen molar-refractivity contribution in [3.63, 3.8) is 0 Å². The number of carbonyl (C=O) groups is 1. The number of aromatic nitrogens is 2. The van der Waals surface area contributed by atoms with E-state index < -0.39 is 5.54 Å². The molecular formula is C22H23FN4O2. The van der Waals surface area contributed by atoms with Gasteiger partial charge < -0.3 is 15.8 Å². The number of ether oxygens (including phenoxy) is 1. The molecule has 0 spiro atoms. The highest BCUT2D eigenvalue weighted by Crippen LogP contribution is 2.25. The summed E-state index contributed by atoms with van der Waals surface area (Å²) in [6, 6.07) is 15.8. The van der Waals surface area contributed by atoms with Crippen LogP contribution >= 0.6 is 0 Å². The van der Waals surface area contributed by atoms with Crippen LogP contribution in [0.2, 0.25) is 0 Å². The number of halogens is 1. The first-order valence-electron chi connectivity index (χ1n) is 9.60. The predicted octanol–water partition coefficient (Wildman–Crippen LogP) is 2.80. The Bertz CT molecular complexity index is 980. The molecule has 1 aromatic heterocycles. The maximum absolute atomic E-state index is 13.4. The molecule has 29 heavy (non-hydrogen) atoms. The first-order chi connectivity index (χ1) is 14.0. The number of rotatable bonds is 5. The highest BCUT2D eigenvalue weighted by molar-refractivity contribution is 5.86. The number of nitrogens with two attached hydrogens (primary N) is 1. The highest BCUT2D eigenvalue weighted by atomic mass is 19.1. The zero-order valence-corrected chi connectivity index (χ0v) is 16.0. The normalized spacial score (nSPS) is 15.8. The Balaban J connectivity index is 1.61. The molecule has 6 nitrogen and oxygen atoms in total. The lowest BCUT2D eigenvalue weighted by Gasteiger charge is -2.31. The van der Waals surface area contributed by atoms with E-state index in [4.69, 9.17) is 10.5 Å². The number of nitrogens with zero attached hydrogens (tertiary/aromatic N) is 2. The topological polar surface area (TPSA) is 82.2 Å². The number of hydrogen-bond donors (Lipinski definition) is 2. The van der Waals surface area contributed by atoms with Crippen molar-refractivity contribution >= 4 is 5.91 Å². The number of amides is 1. The molecule has 0 atom stereocenters. The van der Waals surface area contributed by atoms with Crippen molar-refractivity contribution < 1.29 is 13.9 Å². The summed E-state index contributed by atoms with van der Waals surface area (Å²) < 4.78 is 20.4. The van der Waals surface area contributed by atoms with Gasteiger partial charge in [0.1, 0.15) is 5.82 Å². The van der Waals surface area contributed by atoms with E-state index in [0.717, 1.165) is 16.8 Å². The van der Waals surface area contributed by atoms with Gasteiger partial charge in [-0.1, -0.05) is 18.2 Å². The standard InChI is InChI=1S/C22H23FN4O2/c23-18-8-6-16(7-9-18)20-17(15-27(26-20)19-4-2-1-3-5-19)14-25-21(28)22(24)10-12-29-13-11-22/h1-9,15H,10-14,24H2,(H,25,28). The molecule has 0 unspecified atom stereocenters. The Morgan fingerprint density at radius 2 is 1.83 bits per heavy atom. The fourth-order valence-corrected chi connectivity index (χ4v) is 3.42. The Morgan fingerprint density at radius 3 is 2.52 bits per heavy atom. The summed E-state index contributed by atoms with van der Waals surface area (Å²) in [7, 11) is 0. The number of para-hydroxylation sites is 1. The second kappa shape index (κ2) is 8.14. The van der Waals surface area contributed by atoms with Gasteiger partial charge in [0.2, 0.25) is 5.91 Å². The minimum absolute atomic E-state index is 0.196. The van der Waals surface area contributed by atoms with Gasteiger partial charge in [-0.15, -0.1) is 0 Å². The van der Waals surface area contributed by atoms with Crippen LogP contribution < -0.4 is 11.1 Å². The third-order valence-electron chi connectivity index (χ3n) is 5.21. The molecule has 3 N–H and O–H groups in total. The van der Waals surface area contributed by atoms with Gasteiger partial charge in [0.15, 0.2) is 0 Å². The maximum atomic E-state index is 13.4. The van der Waals surface area contributed by atoms with Gasteiger partial charge in [-0.05, 0) is 49.2 Å². The molecule has 0 bridgehead atoms. The first-order valence-corrected chi connectivity index (χ1v) is 9.60. The molecular weight excluding hydrogens is 371 g/mol. The molecule has 1 aliphatic rings. The van der Waals surface area contributed by atoms with E-state index >= 15 is 0 Å². The average Bonchev–Trinajstić information content (AvgIpc) is 3.18. The van der Waals surface area contributed by atoms with Crippen molar-refractivity contribution in [1.82, 2.24) is 15.1 Å². The van der Waals surface area contributed by atoms with Crippen molar-refractivity contribution in [1.29, 1.82) is 0 Å². The molecule has 0 radical (unpaired) electrons. The van der Waals surface area contributed by atoms with Crippen LogP contribution in [0.3, 0.4) is 0 Å². The van der Waals surface area contributed by atoms with Gasteiger partial charge in [0, 0.05) is 37.1 Å². The highest BCUT2D eigenvalue weighted by Gasteiger charge is 2.35. The van der Waals surface area contributed by atoms with Crippen molar-refractivity contribution in [2.75, 3.05) is 13.2 Å². The Kier molecular flexibility index (Phi) is 5.42. The molecule has 1 aliphatic heterocycles. The summed E-state index contributed by atoms with van der Waals surface area (Å²) in [5, 5.41) is 7.63. The van der Waals surface area contributed by atoms with Crippen molar-refractivity contribution in [3.05, 3.63) is 72.2 Å². The molecule has 1 saturated heterocycles. The molecule has 4 rings (SSSR count). The molecule has 3 aromatic rings. The lowest BCUT2D eigenvalue weighted by atomic mass is 9.90. The van der Waals surface area contributed by atoms with Crippen LogP contribution in [0.25, 0.3) is 16.9 Å². The summed E-state index contributed by atoms with van der Waals surface area (Å²) >= 11 is 0. The fraction of sp³-hybridized carbons (Fsp3) is 0.273. The number of nitrogens with one attached hydrogen (secondary N) is 1. The summed E-state index contributed by atoms with van der Waals surface area (Å²) in [4.78, 5) is 12.7. The van der Waals surface area contributed by atoms with Crippen LogP contribution in [0, 0.1) is 5.82 Å². The Labute approximate surface area is 168 Å². The van der Waals surface area contributed by atoms with E-state index in [2.05, 4.69) is 10.4 Å². The molecule has 2 aromatic carbocycles. The zero-order chi connectivity index (χ0) is 20.3. The largest absolute Gasteiger partial charge is 0.381 e. The van der Waals surface area contributed by atoms with Gasteiger partial charge >= 0.3 is 0 Å². The van der Waals surface area contributed by atoms with E-state index in [1.54, 1.807) is 16.8 Å². The van der Waals surface area contributed by atoms with E-state index in [-0.39, 0.29) is 18.3 Å². The third-order valence-corrected chi connectivity index (χ3v) is 5.21. The Hall–Kier alpha value is -3.03. The molecule has 1 fully saturated rings. The van der Waals surface area contributed by atoms with Crippen LogP contribution in [0.5, 0.6) is 0 Å². The lowest BCUT2D eigenvalue weighted by molar-refractivity contribution is -0.129. The van der Waals surface area contributed by atoms with Crippen molar-refractivity contribution in [3.8, 4) is 16.9 Å². The monoisotopic (exact) mass is 394 g/mol. The first kappa shape index (κ1) is 19.3. The SMILES string of the molecule is NC1(C(=O)NCc2cn(-c3ccccc3)nc2-c2ccc(F)cc2)CCOCC1. The van der Waals surface area contributed by atoms with E-state index in [0.29, 0.717) is 31.7 Å². The predicted molar refractivity (Wildman–Crippen MR) is 108 cm³/mol. The number of benzene rings is 2. The fourth-order valence-electron chi connectivity index (χ4n) is 3.42. The van der Waals surface area contributed by atoms with Gasteiger partial charge in [0.05, 0.1) is 16.9 Å². The van der Waals surface area contributed by atoms with E-state index in [1.165, 1.54) is 12.1 Å². The van der Waals surface area contributed by atoms with Gasteiger partial charge in [-0.3, -0.25) is 4.79 Å². The Morgan fingerprint density at radius 1 is 1.14 bits per heavy atom. The summed E-state index contributed by atoms with van der Waals surface area (Å²) in [5.41, 5.74) is 8.55. The minimum Gasteiger partial charge on any atom is -0.381 e. The zero-order valence-electron chi connectivity index (χ0n) is 16.0. The average molecular weight is 394 g/mol. The van der Waals surface area contributed by atoms with Crippen molar-refractivity contribution in [2.24, 2.45) is 5.73 Å². The van der Waals surface area contributed by atoms with Crippen LogP contribution in [-0.2, 0) is 16.1 Å². The molecule has 7 heteroatoms. The summed E-state index contributed by atoms with van der Waals surface area (Å²) in [5.74, 6) is -0.506. The van der Waals surface area contributed by atoms with Crippen LogP contribution in [0.4, 0.5) is 4.39 Å². The van der Waals surface area contributed by atoms with Crippen LogP contribution in [-0.4, -0.2) is 34.4 Å². The number of hydrogen-bond acceptors (Lipinski definition) is 4. The molecule has 1 amide bonds. The second-order valence-corrected chi connectivity index (χ2v) is 7.24. The van der Waals surface area contributed by atoms with Crippen LogP contribution in [0.15, 0.2) is 60.8 Å². The third kappa shape index (κ3) is 4.21. The van der Waals surface area contributed by atoms with E-state index in [1.807, 2.05) is 36.5 Å². The van der Waals surface area contributed by atoms with Gasteiger partial charge in [0.25, 0.3) is 0 Å². The number of carbonyl (C=O) groups excluding carboxylic acids is 1. The smallest absolute Gasteiger partial charge is 0.240 e. The maximum Gasteiger partial charge on any atom is 0.240 e. The quantitative estimate of drug-likeness (QED) is 0.697. The lowest BCUT2D eigenvalue weighted by Crippen LogP contribution is -2.56. The summed E-state index contributed by atoms with van der Waals surface area (Å²) in [6.45, 7) is 1.24.